The molecular weight excluding hydrogens is 178 g/mol. The lowest BCUT2D eigenvalue weighted by Gasteiger charge is -1.97. The molecule has 13 heavy (non-hydrogen) atoms. The summed E-state index contributed by atoms with van der Waals surface area (Å²) in [5.74, 6) is 0. The van der Waals surface area contributed by atoms with Gasteiger partial charge in [0.05, 0.1) is 0 Å². The topological polar surface area (TPSA) is 12.0 Å². The Balaban J connectivity index is 2.56. The van der Waals surface area contributed by atoms with Gasteiger partial charge in [0.2, 0.25) is 0 Å². The van der Waals surface area contributed by atoms with E-state index in [1.807, 2.05) is 18.4 Å². The van der Waals surface area contributed by atoms with Crippen LogP contribution in [0.2, 0.25) is 0 Å². The van der Waals surface area contributed by atoms with Gasteiger partial charge in [0.25, 0.3) is 0 Å². The highest BCUT2D eigenvalue weighted by Gasteiger charge is 1.97. The SMILES string of the molecule is CNCCC=C(C)c1ccc(C)s1. The summed E-state index contributed by atoms with van der Waals surface area (Å²) in [6.45, 7) is 5.39. The van der Waals surface area contributed by atoms with Gasteiger partial charge in [0, 0.05) is 9.75 Å². The first-order chi connectivity index (χ1) is 6.24. The molecule has 0 radical (unpaired) electrons. The summed E-state index contributed by atoms with van der Waals surface area (Å²) in [4.78, 5) is 2.78. The van der Waals surface area contributed by atoms with E-state index in [2.05, 4.69) is 37.4 Å². The monoisotopic (exact) mass is 195 g/mol. The fourth-order valence-electron chi connectivity index (χ4n) is 1.18. The van der Waals surface area contributed by atoms with Gasteiger partial charge in [0.1, 0.15) is 0 Å². The maximum Gasteiger partial charge on any atom is 0.0299 e. The van der Waals surface area contributed by atoms with E-state index in [9.17, 15) is 0 Å². The molecule has 0 bridgehead atoms. The van der Waals surface area contributed by atoms with E-state index in [0.29, 0.717) is 0 Å². The molecule has 0 saturated heterocycles. The van der Waals surface area contributed by atoms with Crippen molar-refractivity contribution < 1.29 is 0 Å². The van der Waals surface area contributed by atoms with Crippen LogP contribution in [0.3, 0.4) is 0 Å². The van der Waals surface area contributed by atoms with Gasteiger partial charge in [-0.1, -0.05) is 6.08 Å². The molecule has 1 N–H and O–H groups in total. The Morgan fingerprint density at radius 3 is 2.85 bits per heavy atom. The minimum atomic E-state index is 1.06. The smallest absolute Gasteiger partial charge is 0.0299 e. The molecule has 0 unspecified atom stereocenters. The van der Waals surface area contributed by atoms with Gasteiger partial charge >= 0.3 is 0 Å². The first-order valence-corrected chi connectivity index (χ1v) is 5.44. The molecule has 1 nitrogen and oxygen atoms in total. The maximum absolute atomic E-state index is 3.14. The summed E-state index contributed by atoms with van der Waals surface area (Å²) in [7, 11) is 1.98. The van der Waals surface area contributed by atoms with Gasteiger partial charge in [0.15, 0.2) is 0 Å². The van der Waals surface area contributed by atoms with Crippen LogP contribution in [0.15, 0.2) is 18.2 Å². The van der Waals surface area contributed by atoms with Crippen LogP contribution < -0.4 is 5.32 Å². The van der Waals surface area contributed by atoms with Gasteiger partial charge in [-0.05, 0) is 51.6 Å². The Morgan fingerprint density at radius 1 is 1.54 bits per heavy atom. The van der Waals surface area contributed by atoms with Gasteiger partial charge < -0.3 is 5.32 Å². The summed E-state index contributed by atoms with van der Waals surface area (Å²) < 4.78 is 0. The second-order valence-electron chi connectivity index (χ2n) is 3.19. The van der Waals surface area contributed by atoms with Crippen molar-refractivity contribution in [2.24, 2.45) is 0 Å². The molecule has 72 valence electrons. The van der Waals surface area contributed by atoms with Crippen molar-refractivity contribution in [3.05, 3.63) is 28.0 Å². The maximum atomic E-state index is 3.14. The second-order valence-corrected chi connectivity index (χ2v) is 4.48. The normalized spacial score (nSPS) is 12.1. The van der Waals surface area contributed by atoms with Crippen molar-refractivity contribution in [1.29, 1.82) is 0 Å². The standard InChI is InChI=1S/C11H17NS/c1-9(5-4-8-12-3)11-7-6-10(2)13-11/h5-7,12H,4,8H2,1-3H3. The fraction of sp³-hybridized carbons (Fsp3) is 0.455. The minimum Gasteiger partial charge on any atom is -0.319 e. The van der Waals surface area contributed by atoms with Crippen LogP contribution >= 0.6 is 11.3 Å². The molecular formula is C11H17NS. The van der Waals surface area contributed by atoms with Crippen molar-refractivity contribution in [1.82, 2.24) is 5.32 Å². The zero-order valence-corrected chi connectivity index (χ0v) is 9.37. The predicted molar refractivity (Wildman–Crippen MR) is 61.3 cm³/mol. The molecule has 1 aromatic rings. The zero-order chi connectivity index (χ0) is 9.68. The average molecular weight is 195 g/mol. The molecule has 1 aromatic heterocycles. The van der Waals surface area contributed by atoms with Crippen molar-refractivity contribution in [2.75, 3.05) is 13.6 Å². The van der Waals surface area contributed by atoms with Crippen LogP contribution in [0, 0.1) is 6.92 Å². The van der Waals surface area contributed by atoms with Crippen molar-refractivity contribution in [3.63, 3.8) is 0 Å². The van der Waals surface area contributed by atoms with E-state index in [1.54, 1.807) is 0 Å². The lowest BCUT2D eigenvalue weighted by Crippen LogP contribution is -2.05. The molecule has 0 amide bonds. The molecule has 0 aliphatic carbocycles. The van der Waals surface area contributed by atoms with Gasteiger partial charge in [-0.3, -0.25) is 0 Å². The predicted octanol–water partition coefficient (Wildman–Crippen LogP) is 3.07. The Labute approximate surface area is 84.5 Å². The third kappa shape index (κ3) is 3.33. The number of nitrogens with one attached hydrogen (secondary N) is 1. The number of rotatable bonds is 4. The molecule has 0 spiro atoms. The largest absolute Gasteiger partial charge is 0.319 e. The second kappa shape index (κ2) is 5.20. The van der Waals surface area contributed by atoms with E-state index in [0.717, 1.165) is 13.0 Å². The molecule has 2 heteroatoms. The van der Waals surface area contributed by atoms with Crippen molar-refractivity contribution in [2.45, 2.75) is 20.3 Å². The van der Waals surface area contributed by atoms with Crippen LogP contribution in [0.1, 0.15) is 23.1 Å². The van der Waals surface area contributed by atoms with E-state index in [1.165, 1.54) is 15.3 Å². The summed E-state index contributed by atoms with van der Waals surface area (Å²) >= 11 is 1.87. The highest BCUT2D eigenvalue weighted by atomic mass is 32.1. The Hall–Kier alpha value is -0.600. The van der Waals surface area contributed by atoms with Gasteiger partial charge in [-0.25, -0.2) is 0 Å². The zero-order valence-electron chi connectivity index (χ0n) is 8.55. The van der Waals surface area contributed by atoms with Crippen LogP contribution in [-0.4, -0.2) is 13.6 Å². The minimum absolute atomic E-state index is 1.06. The molecule has 0 aliphatic rings. The van der Waals surface area contributed by atoms with Crippen molar-refractivity contribution >= 4 is 16.9 Å². The Morgan fingerprint density at radius 2 is 2.31 bits per heavy atom. The molecule has 0 fully saturated rings. The molecule has 1 heterocycles. The lowest BCUT2D eigenvalue weighted by atomic mass is 10.2. The third-order valence-corrected chi connectivity index (χ3v) is 3.11. The molecule has 0 atom stereocenters. The van der Waals surface area contributed by atoms with Crippen LogP contribution in [0.25, 0.3) is 5.57 Å². The molecule has 0 aliphatic heterocycles. The number of hydrogen-bond donors (Lipinski definition) is 1. The van der Waals surface area contributed by atoms with Crippen LogP contribution in [0.4, 0.5) is 0 Å². The quantitative estimate of drug-likeness (QED) is 0.728. The van der Waals surface area contributed by atoms with E-state index >= 15 is 0 Å². The first kappa shape index (κ1) is 10.5. The molecule has 1 rings (SSSR count). The highest BCUT2D eigenvalue weighted by Crippen LogP contribution is 2.23. The Bertz CT molecular complexity index is 286. The number of aryl methyl sites for hydroxylation is 1. The lowest BCUT2D eigenvalue weighted by molar-refractivity contribution is 0.808. The molecule has 0 saturated carbocycles. The highest BCUT2D eigenvalue weighted by molar-refractivity contribution is 7.13. The van der Waals surface area contributed by atoms with E-state index in [4.69, 9.17) is 0 Å². The summed E-state index contributed by atoms with van der Waals surface area (Å²) in [5, 5.41) is 3.14. The first-order valence-electron chi connectivity index (χ1n) is 4.62. The van der Waals surface area contributed by atoms with Crippen LogP contribution in [-0.2, 0) is 0 Å². The summed E-state index contributed by atoms with van der Waals surface area (Å²) in [6, 6.07) is 4.38. The summed E-state index contributed by atoms with van der Waals surface area (Å²) in [6.07, 6.45) is 3.40. The van der Waals surface area contributed by atoms with Gasteiger partial charge in [-0.15, -0.1) is 11.3 Å². The van der Waals surface area contributed by atoms with Crippen LogP contribution in [0.5, 0.6) is 0 Å². The average Bonchev–Trinajstić information content (AvgIpc) is 2.52. The Kier molecular flexibility index (Phi) is 4.19. The van der Waals surface area contributed by atoms with Gasteiger partial charge in [-0.2, -0.15) is 0 Å². The summed E-state index contributed by atoms with van der Waals surface area (Å²) in [5.41, 5.74) is 1.40. The molecule has 0 aromatic carbocycles. The van der Waals surface area contributed by atoms with Crippen molar-refractivity contribution in [3.8, 4) is 0 Å². The number of hydrogen-bond acceptors (Lipinski definition) is 2. The third-order valence-electron chi connectivity index (χ3n) is 1.97. The number of allylic oxidation sites excluding steroid dienone is 1. The van der Waals surface area contributed by atoms with E-state index in [-0.39, 0.29) is 0 Å². The fourth-order valence-corrected chi connectivity index (χ4v) is 2.04. The number of thiophene rings is 1. The van der Waals surface area contributed by atoms with E-state index < -0.39 is 0 Å².